The number of hydrogen-bond donors (Lipinski definition) is 1. The molecule has 0 aromatic heterocycles. The molecule has 100 valence electrons. The van der Waals surface area contributed by atoms with Gasteiger partial charge in [-0.05, 0) is 42.4 Å². The number of benzene rings is 1. The van der Waals surface area contributed by atoms with Crippen molar-refractivity contribution in [2.45, 2.75) is 45.7 Å². The molecule has 0 saturated heterocycles. The monoisotopic (exact) mass is 253 g/mol. The highest BCUT2D eigenvalue weighted by molar-refractivity contribution is 5.17. The van der Waals surface area contributed by atoms with Crippen molar-refractivity contribution < 1.29 is 8.78 Å². The second-order valence-corrected chi connectivity index (χ2v) is 5.37. The minimum atomic E-state index is -0.502. The van der Waals surface area contributed by atoms with Gasteiger partial charge in [-0.1, -0.05) is 20.3 Å². The van der Waals surface area contributed by atoms with Gasteiger partial charge in [0.1, 0.15) is 11.6 Å². The van der Waals surface area contributed by atoms with Crippen LogP contribution in [0.3, 0.4) is 0 Å². The molecule has 3 heteroatoms. The molecule has 1 aromatic rings. The van der Waals surface area contributed by atoms with Crippen LogP contribution in [0.15, 0.2) is 18.2 Å². The molecule has 1 aromatic carbocycles. The number of hydrogen-bond acceptors (Lipinski definition) is 1. The molecule has 0 spiro atoms. The SMILES string of the molecule is CCC1CCC(NCc2cc(F)cc(F)c2)C1C. The van der Waals surface area contributed by atoms with Crippen molar-refractivity contribution in [2.75, 3.05) is 0 Å². The van der Waals surface area contributed by atoms with E-state index in [9.17, 15) is 8.78 Å². The van der Waals surface area contributed by atoms with Crippen molar-refractivity contribution in [3.8, 4) is 0 Å². The van der Waals surface area contributed by atoms with Gasteiger partial charge in [0.25, 0.3) is 0 Å². The molecule has 18 heavy (non-hydrogen) atoms. The van der Waals surface area contributed by atoms with Gasteiger partial charge in [0, 0.05) is 18.7 Å². The highest BCUT2D eigenvalue weighted by Gasteiger charge is 2.30. The molecule has 0 amide bonds. The van der Waals surface area contributed by atoms with E-state index in [0.29, 0.717) is 24.1 Å². The zero-order chi connectivity index (χ0) is 13.1. The van der Waals surface area contributed by atoms with Crippen LogP contribution in [-0.4, -0.2) is 6.04 Å². The zero-order valence-electron chi connectivity index (χ0n) is 11.0. The van der Waals surface area contributed by atoms with Gasteiger partial charge in [-0.3, -0.25) is 0 Å². The molecule has 1 aliphatic carbocycles. The third kappa shape index (κ3) is 3.08. The molecule has 3 atom stereocenters. The minimum Gasteiger partial charge on any atom is -0.310 e. The fourth-order valence-corrected chi connectivity index (χ4v) is 3.07. The molecule has 1 aliphatic rings. The van der Waals surface area contributed by atoms with Crippen LogP contribution in [0.5, 0.6) is 0 Å². The summed E-state index contributed by atoms with van der Waals surface area (Å²) in [5.41, 5.74) is 0.680. The summed E-state index contributed by atoms with van der Waals surface area (Å²) in [6.45, 7) is 5.04. The smallest absolute Gasteiger partial charge is 0.126 e. The zero-order valence-corrected chi connectivity index (χ0v) is 11.0. The van der Waals surface area contributed by atoms with Crippen molar-refractivity contribution in [3.05, 3.63) is 35.4 Å². The molecule has 0 bridgehead atoms. The van der Waals surface area contributed by atoms with E-state index in [4.69, 9.17) is 0 Å². The van der Waals surface area contributed by atoms with Crippen molar-refractivity contribution in [1.82, 2.24) is 5.32 Å². The first kappa shape index (κ1) is 13.5. The Labute approximate surface area is 108 Å². The van der Waals surface area contributed by atoms with E-state index in [1.165, 1.54) is 25.0 Å². The van der Waals surface area contributed by atoms with Crippen molar-refractivity contribution in [2.24, 2.45) is 11.8 Å². The Morgan fingerprint density at radius 1 is 1.17 bits per heavy atom. The van der Waals surface area contributed by atoms with Crippen LogP contribution in [-0.2, 0) is 6.54 Å². The van der Waals surface area contributed by atoms with Gasteiger partial charge in [-0.25, -0.2) is 8.78 Å². The maximum absolute atomic E-state index is 13.1. The van der Waals surface area contributed by atoms with Crippen LogP contribution < -0.4 is 5.32 Å². The van der Waals surface area contributed by atoms with Crippen molar-refractivity contribution >= 4 is 0 Å². The van der Waals surface area contributed by atoms with Gasteiger partial charge in [-0.2, -0.15) is 0 Å². The van der Waals surface area contributed by atoms with E-state index in [0.717, 1.165) is 18.4 Å². The van der Waals surface area contributed by atoms with E-state index >= 15 is 0 Å². The van der Waals surface area contributed by atoms with Crippen molar-refractivity contribution in [1.29, 1.82) is 0 Å². The lowest BCUT2D eigenvalue weighted by Crippen LogP contribution is -2.32. The van der Waals surface area contributed by atoms with Crippen LogP contribution in [0.2, 0.25) is 0 Å². The second-order valence-electron chi connectivity index (χ2n) is 5.37. The highest BCUT2D eigenvalue weighted by atomic mass is 19.1. The Kier molecular flexibility index (Phi) is 4.33. The molecule has 1 nitrogen and oxygen atoms in total. The Hall–Kier alpha value is -0.960. The van der Waals surface area contributed by atoms with E-state index in [1.807, 2.05) is 0 Å². The van der Waals surface area contributed by atoms with Gasteiger partial charge in [0.05, 0.1) is 0 Å². The molecule has 2 rings (SSSR count). The quantitative estimate of drug-likeness (QED) is 0.858. The lowest BCUT2D eigenvalue weighted by Gasteiger charge is -2.21. The van der Waals surface area contributed by atoms with E-state index in [1.54, 1.807) is 0 Å². The molecular weight excluding hydrogens is 232 g/mol. The summed E-state index contributed by atoms with van der Waals surface area (Å²) in [5.74, 6) is 0.426. The molecular formula is C15H21F2N. The Morgan fingerprint density at radius 3 is 2.39 bits per heavy atom. The molecule has 1 fully saturated rings. The summed E-state index contributed by atoms with van der Waals surface area (Å²) in [6.07, 6.45) is 3.64. The maximum Gasteiger partial charge on any atom is 0.126 e. The first-order valence-electron chi connectivity index (χ1n) is 6.78. The summed E-state index contributed by atoms with van der Waals surface area (Å²) in [7, 11) is 0. The molecule has 0 aliphatic heterocycles. The predicted molar refractivity (Wildman–Crippen MR) is 69.2 cm³/mol. The lowest BCUT2D eigenvalue weighted by atomic mass is 9.93. The third-order valence-electron chi connectivity index (χ3n) is 4.24. The van der Waals surface area contributed by atoms with Crippen LogP contribution in [0.4, 0.5) is 8.78 Å². The fourth-order valence-electron chi connectivity index (χ4n) is 3.07. The van der Waals surface area contributed by atoms with Gasteiger partial charge in [0.2, 0.25) is 0 Å². The Bertz CT molecular complexity index is 385. The van der Waals surface area contributed by atoms with Crippen LogP contribution in [0, 0.1) is 23.5 Å². The van der Waals surface area contributed by atoms with Crippen molar-refractivity contribution in [3.63, 3.8) is 0 Å². The Balaban J connectivity index is 1.92. The average molecular weight is 253 g/mol. The molecule has 3 unspecified atom stereocenters. The first-order valence-corrected chi connectivity index (χ1v) is 6.78. The fraction of sp³-hybridized carbons (Fsp3) is 0.600. The predicted octanol–water partition coefficient (Wildman–Crippen LogP) is 3.88. The molecule has 0 heterocycles. The topological polar surface area (TPSA) is 12.0 Å². The number of rotatable bonds is 4. The molecule has 1 N–H and O–H groups in total. The van der Waals surface area contributed by atoms with Gasteiger partial charge >= 0.3 is 0 Å². The lowest BCUT2D eigenvalue weighted by molar-refractivity contribution is 0.344. The normalized spacial score (nSPS) is 27.7. The maximum atomic E-state index is 13.1. The summed E-state index contributed by atoms with van der Waals surface area (Å²) in [6, 6.07) is 4.18. The first-order chi connectivity index (χ1) is 8.60. The third-order valence-corrected chi connectivity index (χ3v) is 4.24. The number of nitrogens with one attached hydrogen (secondary N) is 1. The van der Waals surface area contributed by atoms with E-state index < -0.39 is 11.6 Å². The highest BCUT2D eigenvalue weighted by Crippen LogP contribution is 2.33. The summed E-state index contributed by atoms with van der Waals surface area (Å²) in [5, 5.41) is 3.43. The largest absolute Gasteiger partial charge is 0.310 e. The van der Waals surface area contributed by atoms with E-state index in [2.05, 4.69) is 19.2 Å². The summed E-state index contributed by atoms with van der Waals surface area (Å²) in [4.78, 5) is 0. The molecule has 0 radical (unpaired) electrons. The minimum absolute atomic E-state index is 0.473. The standard InChI is InChI=1S/C15H21F2N/c1-3-12-4-5-15(10(12)2)18-9-11-6-13(16)8-14(17)7-11/h6-8,10,12,15,18H,3-5,9H2,1-2H3. The summed E-state index contributed by atoms with van der Waals surface area (Å²) < 4.78 is 26.1. The second kappa shape index (κ2) is 5.79. The average Bonchev–Trinajstić information content (AvgIpc) is 2.66. The molecule has 1 saturated carbocycles. The van der Waals surface area contributed by atoms with Gasteiger partial charge < -0.3 is 5.32 Å². The number of halogens is 2. The van der Waals surface area contributed by atoms with Gasteiger partial charge in [0.15, 0.2) is 0 Å². The van der Waals surface area contributed by atoms with Crippen LogP contribution >= 0.6 is 0 Å². The summed E-state index contributed by atoms with van der Waals surface area (Å²) >= 11 is 0. The van der Waals surface area contributed by atoms with Crippen LogP contribution in [0.25, 0.3) is 0 Å². The Morgan fingerprint density at radius 2 is 1.83 bits per heavy atom. The van der Waals surface area contributed by atoms with E-state index in [-0.39, 0.29) is 0 Å². The van der Waals surface area contributed by atoms with Crippen LogP contribution in [0.1, 0.15) is 38.7 Å². The van der Waals surface area contributed by atoms with Gasteiger partial charge in [-0.15, -0.1) is 0 Å².